The summed E-state index contributed by atoms with van der Waals surface area (Å²) in [5, 5.41) is 15.3. The van der Waals surface area contributed by atoms with E-state index < -0.39 is 0 Å². The van der Waals surface area contributed by atoms with E-state index >= 15 is 0 Å². The molecule has 10 nitrogen and oxygen atoms in total. The number of tetrazole rings is 1. The maximum atomic E-state index is 13.6. The molecule has 1 saturated carbocycles. The van der Waals surface area contributed by atoms with Crippen molar-refractivity contribution in [1.29, 1.82) is 0 Å². The number of aromatic nitrogens is 7. The highest BCUT2D eigenvalue weighted by atomic mass is 35.5. The van der Waals surface area contributed by atoms with Crippen molar-refractivity contribution in [2.24, 2.45) is 5.92 Å². The lowest BCUT2D eigenvalue weighted by Crippen LogP contribution is -2.26. The van der Waals surface area contributed by atoms with Crippen molar-refractivity contribution in [3.8, 4) is 28.1 Å². The number of hydrogen-bond acceptors (Lipinski definition) is 6. The molecule has 3 unspecified atom stereocenters. The first-order chi connectivity index (χ1) is 18.9. The van der Waals surface area contributed by atoms with Crippen LogP contribution in [0.25, 0.3) is 28.1 Å². The fourth-order valence-corrected chi connectivity index (χ4v) is 6.47. The summed E-state index contributed by atoms with van der Waals surface area (Å²) in [5.74, 6) is 1.13. The minimum atomic E-state index is -0.242. The number of imidazole rings is 1. The van der Waals surface area contributed by atoms with Gasteiger partial charge in [-0.1, -0.05) is 29.3 Å². The first kappa shape index (κ1) is 22.7. The van der Waals surface area contributed by atoms with Crippen molar-refractivity contribution < 1.29 is 4.79 Å². The molecule has 3 atom stereocenters. The first-order valence-corrected chi connectivity index (χ1v) is 13.2. The van der Waals surface area contributed by atoms with E-state index in [9.17, 15) is 9.59 Å². The zero-order valence-corrected chi connectivity index (χ0v) is 21.6. The number of benzene rings is 2. The Kier molecular flexibility index (Phi) is 4.72. The van der Waals surface area contributed by atoms with Crippen LogP contribution in [0.15, 0.2) is 59.7 Å². The number of nitrogens with zero attached hydrogens (tertiary/aromatic N) is 6. The third kappa shape index (κ3) is 3.48. The van der Waals surface area contributed by atoms with Gasteiger partial charge in [-0.3, -0.25) is 9.59 Å². The van der Waals surface area contributed by atoms with Gasteiger partial charge < -0.3 is 14.9 Å². The highest BCUT2D eigenvalue weighted by Gasteiger charge is 2.54. The third-order valence-corrected chi connectivity index (χ3v) is 8.34. The summed E-state index contributed by atoms with van der Waals surface area (Å²) in [4.78, 5) is 33.5. The molecule has 39 heavy (non-hydrogen) atoms. The van der Waals surface area contributed by atoms with E-state index in [1.165, 1.54) is 6.33 Å². The Morgan fingerprint density at radius 1 is 1.00 bits per heavy atom. The molecule has 0 spiro atoms. The second-order valence-electron chi connectivity index (χ2n) is 10.1. The molecule has 12 heteroatoms. The van der Waals surface area contributed by atoms with Gasteiger partial charge in [-0.05, 0) is 70.3 Å². The Bertz CT molecular complexity index is 1890. The number of rotatable bonds is 4. The minimum Gasteiger partial charge on any atom is -0.331 e. The highest BCUT2D eigenvalue weighted by molar-refractivity contribution is 6.32. The van der Waals surface area contributed by atoms with E-state index in [1.807, 2.05) is 34.9 Å². The number of nitrogens with one attached hydrogen (secondary N) is 2. The van der Waals surface area contributed by atoms with Gasteiger partial charge in [-0.15, -0.1) is 5.10 Å². The van der Waals surface area contributed by atoms with E-state index in [2.05, 4.69) is 31.9 Å². The fraction of sp³-hybridized carbons (Fsp3) is 0.185. The Hall–Kier alpha value is -4.28. The van der Waals surface area contributed by atoms with Gasteiger partial charge in [-0.2, -0.15) is 4.68 Å². The number of hydrogen-bond donors (Lipinski definition) is 2. The van der Waals surface area contributed by atoms with Crippen molar-refractivity contribution in [1.82, 2.24) is 34.7 Å². The molecule has 3 aromatic heterocycles. The Labute approximate surface area is 230 Å². The predicted octanol–water partition coefficient (Wildman–Crippen LogP) is 4.39. The smallest absolute Gasteiger partial charge is 0.252 e. The Morgan fingerprint density at radius 2 is 1.90 bits per heavy atom. The summed E-state index contributed by atoms with van der Waals surface area (Å²) >= 11 is 13.0. The average molecular weight is 557 g/mol. The largest absolute Gasteiger partial charge is 0.331 e. The van der Waals surface area contributed by atoms with Crippen LogP contribution in [0.2, 0.25) is 10.2 Å². The lowest BCUT2D eigenvalue weighted by atomic mass is 10.0. The lowest BCUT2D eigenvalue weighted by Gasteiger charge is -2.17. The maximum absolute atomic E-state index is 13.6. The summed E-state index contributed by atoms with van der Waals surface area (Å²) in [6, 6.07) is 14.6. The molecule has 3 aliphatic rings. The molecule has 1 amide bonds. The van der Waals surface area contributed by atoms with Crippen LogP contribution >= 0.6 is 23.2 Å². The topological polar surface area (TPSA) is 123 Å². The molecule has 192 valence electrons. The van der Waals surface area contributed by atoms with Gasteiger partial charge in [0, 0.05) is 39.5 Å². The molecule has 0 radical (unpaired) electrons. The van der Waals surface area contributed by atoms with Gasteiger partial charge in [0.25, 0.3) is 5.56 Å². The monoisotopic (exact) mass is 556 g/mol. The summed E-state index contributed by atoms with van der Waals surface area (Å²) in [5.41, 5.74) is 6.24. The molecule has 2 aromatic carbocycles. The standard InChI is InChI=1S/C27H18Cl2N8O2/c28-15-2-4-20(36-11-30-34-35-36)16(9-15)13-6-21-17-10-18(17)25(37(21)23(39)8-13)27-32-24(26(29)33-27)12-1-3-19-14(5-12)7-22(38)31-19/h1-6,8-9,11,17-18,25H,7,10H2,(H,31,38)(H,32,33). The van der Waals surface area contributed by atoms with Crippen LogP contribution in [-0.4, -0.2) is 40.6 Å². The van der Waals surface area contributed by atoms with Crippen molar-refractivity contribution in [3.05, 3.63) is 92.5 Å². The normalized spacial score (nSPS) is 20.5. The first-order valence-electron chi connectivity index (χ1n) is 12.4. The van der Waals surface area contributed by atoms with Crippen molar-refractivity contribution >= 4 is 34.8 Å². The quantitative estimate of drug-likeness (QED) is 0.338. The van der Waals surface area contributed by atoms with Crippen LogP contribution < -0.4 is 10.9 Å². The molecule has 1 fully saturated rings. The van der Waals surface area contributed by atoms with E-state index in [0.29, 0.717) is 28.1 Å². The highest BCUT2D eigenvalue weighted by Crippen LogP contribution is 2.60. The molecule has 2 aliphatic heterocycles. The Morgan fingerprint density at radius 3 is 2.74 bits per heavy atom. The molecule has 2 N–H and O–H groups in total. The number of amides is 1. The number of H-pyrrole nitrogens is 1. The summed E-state index contributed by atoms with van der Waals surface area (Å²) in [6.45, 7) is 0. The van der Waals surface area contributed by atoms with E-state index in [0.717, 1.165) is 45.7 Å². The van der Waals surface area contributed by atoms with Gasteiger partial charge in [0.05, 0.1) is 18.2 Å². The number of anilines is 1. The minimum absolute atomic E-state index is 0.0279. The molecule has 8 rings (SSSR count). The van der Waals surface area contributed by atoms with E-state index in [4.69, 9.17) is 28.2 Å². The number of halogens is 2. The number of carbonyl (C=O) groups excluding carboxylic acids is 1. The van der Waals surface area contributed by atoms with Crippen molar-refractivity contribution in [2.75, 3.05) is 5.32 Å². The summed E-state index contributed by atoms with van der Waals surface area (Å²) in [6.07, 6.45) is 2.80. The zero-order chi connectivity index (χ0) is 26.4. The van der Waals surface area contributed by atoms with Gasteiger partial charge in [0.15, 0.2) is 0 Å². The van der Waals surface area contributed by atoms with Gasteiger partial charge in [0.2, 0.25) is 5.91 Å². The van der Waals surface area contributed by atoms with Crippen LogP contribution in [0.1, 0.15) is 35.5 Å². The zero-order valence-electron chi connectivity index (χ0n) is 20.1. The number of carbonyl (C=O) groups is 1. The van der Waals surface area contributed by atoms with Gasteiger partial charge in [-0.25, -0.2) is 4.98 Å². The lowest BCUT2D eigenvalue weighted by molar-refractivity contribution is -0.115. The number of fused-ring (bicyclic) bond motifs is 4. The van der Waals surface area contributed by atoms with E-state index in [-0.39, 0.29) is 29.3 Å². The third-order valence-electron chi connectivity index (χ3n) is 7.83. The van der Waals surface area contributed by atoms with Crippen molar-refractivity contribution in [3.63, 3.8) is 0 Å². The van der Waals surface area contributed by atoms with Crippen LogP contribution in [0.5, 0.6) is 0 Å². The summed E-state index contributed by atoms with van der Waals surface area (Å²) < 4.78 is 3.38. The molecule has 0 saturated heterocycles. The summed E-state index contributed by atoms with van der Waals surface area (Å²) in [7, 11) is 0. The SMILES string of the molecule is O=C1Cc2cc(-c3nc(C4C5CC5c5cc(-c6cc(Cl)ccc6-n6cnnn6)cc(=O)n54)[nH]c3Cl)ccc2N1. The predicted molar refractivity (Wildman–Crippen MR) is 144 cm³/mol. The number of aromatic amines is 1. The van der Waals surface area contributed by atoms with Crippen LogP contribution in [0.3, 0.4) is 0 Å². The van der Waals surface area contributed by atoms with Crippen LogP contribution in [0, 0.1) is 5.92 Å². The second-order valence-corrected chi connectivity index (χ2v) is 10.9. The van der Waals surface area contributed by atoms with E-state index in [1.54, 1.807) is 16.8 Å². The molecule has 5 aromatic rings. The molecular weight excluding hydrogens is 539 g/mol. The molecule has 5 heterocycles. The molecular formula is C27H18Cl2N8O2. The Balaban J connectivity index is 1.20. The maximum Gasteiger partial charge on any atom is 0.252 e. The van der Waals surface area contributed by atoms with Crippen molar-refractivity contribution in [2.45, 2.75) is 24.8 Å². The molecule has 0 bridgehead atoms. The number of pyridine rings is 1. The van der Waals surface area contributed by atoms with Crippen LogP contribution in [-0.2, 0) is 11.2 Å². The van der Waals surface area contributed by atoms with Gasteiger partial charge >= 0.3 is 0 Å². The average Bonchev–Trinajstić information content (AvgIpc) is 3.29. The second kappa shape index (κ2) is 8.11. The van der Waals surface area contributed by atoms with Gasteiger partial charge in [0.1, 0.15) is 23.0 Å². The van der Waals surface area contributed by atoms with Crippen LogP contribution in [0.4, 0.5) is 5.69 Å². The fourth-order valence-electron chi connectivity index (χ4n) is 6.05. The molecule has 1 aliphatic carbocycles.